The van der Waals surface area contributed by atoms with Crippen LogP contribution in [0.1, 0.15) is 12.8 Å². The smallest absolute Gasteiger partial charge is 0.221 e. The largest absolute Gasteiger partial charge is 0.352 e. The van der Waals surface area contributed by atoms with E-state index in [0.29, 0.717) is 18.5 Å². The van der Waals surface area contributed by atoms with Gasteiger partial charge in [0.15, 0.2) is 0 Å². The van der Waals surface area contributed by atoms with Gasteiger partial charge in [-0.15, -0.1) is 12.4 Å². The number of rotatable bonds is 0. The van der Waals surface area contributed by atoms with Crippen LogP contribution in [0.2, 0.25) is 0 Å². The number of nitrogens with one attached hydrogen (secondary N) is 2. The first-order valence-electron chi connectivity index (χ1n) is 3.37. The van der Waals surface area contributed by atoms with Gasteiger partial charge in [-0.05, 0) is 6.42 Å². The summed E-state index contributed by atoms with van der Waals surface area (Å²) in [6, 6.07) is 0.903. The summed E-state index contributed by atoms with van der Waals surface area (Å²) in [7, 11) is 0. The number of halogens is 1. The number of carbonyl (C=O) groups excluding carboxylic acids is 1. The molecule has 2 aliphatic rings. The van der Waals surface area contributed by atoms with Gasteiger partial charge in [0.25, 0.3) is 0 Å². The van der Waals surface area contributed by atoms with E-state index < -0.39 is 0 Å². The van der Waals surface area contributed by atoms with Gasteiger partial charge in [-0.2, -0.15) is 0 Å². The van der Waals surface area contributed by atoms with Crippen molar-refractivity contribution in [1.82, 2.24) is 10.6 Å². The zero-order chi connectivity index (χ0) is 6.27. The lowest BCUT2D eigenvalue weighted by atomic mass is 10.1. The Labute approximate surface area is 66.0 Å². The molecule has 3 nitrogen and oxygen atoms in total. The van der Waals surface area contributed by atoms with E-state index in [9.17, 15) is 4.79 Å². The third kappa shape index (κ3) is 1.25. The van der Waals surface area contributed by atoms with Crippen LogP contribution in [0.15, 0.2) is 0 Å². The highest BCUT2D eigenvalue weighted by Gasteiger charge is 2.31. The average Bonchev–Trinajstić information content (AvgIpc) is 2.11. The first kappa shape index (κ1) is 7.82. The molecular formula is C6H11ClN2O. The standard InChI is InChI=1S/C6H10N2O.ClH/c9-6-2-4-1-5(8-6)3-7-4;/h4-5,7H,1-3H2,(H,8,9);1H/t4-,5-;/m0./s1. The van der Waals surface area contributed by atoms with Crippen LogP contribution >= 0.6 is 12.4 Å². The molecule has 0 aliphatic carbocycles. The lowest BCUT2D eigenvalue weighted by Crippen LogP contribution is -2.39. The van der Waals surface area contributed by atoms with E-state index >= 15 is 0 Å². The summed E-state index contributed by atoms with van der Waals surface area (Å²) in [6.45, 7) is 0.969. The van der Waals surface area contributed by atoms with Crippen molar-refractivity contribution in [2.24, 2.45) is 0 Å². The van der Waals surface area contributed by atoms with Crippen LogP contribution in [0, 0.1) is 0 Å². The molecule has 58 valence electrons. The Morgan fingerprint density at radius 1 is 1.40 bits per heavy atom. The van der Waals surface area contributed by atoms with E-state index in [1.54, 1.807) is 0 Å². The van der Waals surface area contributed by atoms with Gasteiger partial charge in [0.1, 0.15) is 0 Å². The van der Waals surface area contributed by atoms with Crippen molar-refractivity contribution < 1.29 is 4.79 Å². The van der Waals surface area contributed by atoms with Crippen LogP contribution < -0.4 is 10.6 Å². The lowest BCUT2D eigenvalue weighted by molar-refractivity contribution is -0.122. The normalized spacial score (nSPS) is 36.6. The van der Waals surface area contributed by atoms with E-state index in [-0.39, 0.29) is 18.3 Å². The number of carbonyl (C=O) groups is 1. The van der Waals surface area contributed by atoms with Crippen molar-refractivity contribution in [3.63, 3.8) is 0 Å². The lowest BCUT2D eigenvalue weighted by Gasteiger charge is -2.17. The Morgan fingerprint density at radius 3 is 2.90 bits per heavy atom. The van der Waals surface area contributed by atoms with Crippen molar-refractivity contribution >= 4 is 18.3 Å². The molecule has 0 spiro atoms. The number of piperidine rings is 1. The van der Waals surface area contributed by atoms with Crippen LogP contribution in [-0.2, 0) is 4.79 Å². The maximum Gasteiger partial charge on any atom is 0.221 e. The van der Waals surface area contributed by atoms with Gasteiger partial charge in [0.05, 0.1) is 0 Å². The van der Waals surface area contributed by atoms with Crippen molar-refractivity contribution in [2.75, 3.05) is 6.54 Å². The number of hydrogen-bond donors (Lipinski definition) is 2. The van der Waals surface area contributed by atoms with Gasteiger partial charge in [-0.1, -0.05) is 0 Å². The molecule has 10 heavy (non-hydrogen) atoms. The van der Waals surface area contributed by atoms with Crippen LogP contribution in [0.25, 0.3) is 0 Å². The molecule has 2 bridgehead atoms. The summed E-state index contributed by atoms with van der Waals surface area (Å²) in [6.07, 6.45) is 1.81. The summed E-state index contributed by atoms with van der Waals surface area (Å²) in [5, 5.41) is 6.17. The molecule has 4 heteroatoms. The zero-order valence-corrected chi connectivity index (χ0v) is 6.41. The van der Waals surface area contributed by atoms with Crippen molar-refractivity contribution in [3.05, 3.63) is 0 Å². The van der Waals surface area contributed by atoms with Gasteiger partial charge in [-0.3, -0.25) is 4.79 Å². The highest BCUT2D eigenvalue weighted by atomic mass is 35.5. The molecule has 1 amide bonds. The first-order valence-corrected chi connectivity index (χ1v) is 3.37. The molecule has 2 heterocycles. The topological polar surface area (TPSA) is 41.1 Å². The average molecular weight is 163 g/mol. The fraction of sp³-hybridized carbons (Fsp3) is 0.833. The highest BCUT2D eigenvalue weighted by Crippen LogP contribution is 2.14. The van der Waals surface area contributed by atoms with Gasteiger partial charge in [-0.25, -0.2) is 0 Å². The fourth-order valence-corrected chi connectivity index (χ4v) is 1.59. The number of hydrogen-bond acceptors (Lipinski definition) is 2. The Bertz CT molecular complexity index is 137. The summed E-state index contributed by atoms with van der Waals surface area (Å²) >= 11 is 0. The van der Waals surface area contributed by atoms with Crippen LogP contribution in [0.3, 0.4) is 0 Å². The van der Waals surface area contributed by atoms with Gasteiger partial charge < -0.3 is 10.6 Å². The number of amides is 1. The Balaban J connectivity index is 0.000000500. The third-order valence-electron chi connectivity index (χ3n) is 2.02. The molecule has 2 rings (SSSR count). The fourth-order valence-electron chi connectivity index (χ4n) is 1.59. The van der Waals surface area contributed by atoms with E-state index in [1.165, 1.54) is 0 Å². The molecular weight excluding hydrogens is 152 g/mol. The second-order valence-corrected chi connectivity index (χ2v) is 2.81. The minimum absolute atomic E-state index is 0. The summed E-state index contributed by atoms with van der Waals surface area (Å²) in [5.74, 6) is 0.209. The van der Waals surface area contributed by atoms with Crippen LogP contribution in [-0.4, -0.2) is 24.5 Å². The van der Waals surface area contributed by atoms with Crippen molar-refractivity contribution in [1.29, 1.82) is 0 Å². The molecule has 0 aromatic heterocycles. The second-order valence-electron chi connectivity index (χ2n) is 2.81. The van der Waals surface area contributed by atoms with Crippen LogP contribution in [0.4, 0.5) is 0 Å². The maximum absolute atomic E-state index is 10.8. The van der Waals surface area contributed by atoms with E-state index in [1.807, 2.05) is 0 Å². The SMILES string of the molecule is Cl.O=C1C[C@@H]2C[C@@H](CN2)N1. The van der Waals surface area contributed by atoms with E-state index in [4.69, 9.17) is 0 Å². The molecule has 2 saturated heterocycles. The minimum atomic E-state index is 0. The molecule has 0 aromatic rings. The molecule has 0 radical (unpaired) electrons. The van der Waals surface area contributed by atoms with E-state index in [2.05, 4.69) is 10.6 Å². The molecule has 2 aliphatic heterocycles. The van der Waals surface area contributed by atoms with Crippen LogP contribution in [0.5, 0.6) is 0 Å². The first-order chi connectivity index (χ1) is 4.34. The minimum Gasteiger partial charge on any atom is -0.352 e. The van der Waals surface area contributed by atoms with Crippen molar-refractivity contribution in [3.8, 4) is 0 Å². The highest BCUT2D eigenvalue weighted by molar-refractivity contribution is 5.85. The summed E-state index contributed by atoms with van der Waals surface area (Å²) < 4.78 is 0. The Hall–Kier alpha value is -0.280. The van der Waals surface area contributed by atoms with Gasteiger partial charge >= 0.3 is 0 Å². The third-order valence-corrected chi connectivity index (χ3v) is 2.02. The zero-order valence-electron chi connectivity index (χ0n) is 5.59. The second kappa shape index (κ2) is 2.76. The molecule has 0 unspecified atom stereocenters. The summed E-state index contributed by atoms with van der Waals surface area (Å²) in [4.78, 5) is 10.8. The quantitative estimate of drug-likeness (QED) is 0.512. The predicted octanol–water partition coefficient (Wildman–Crippen LogP) is -0.341. The Kier molecular flexibility index (Phi) is 2.16. The molecule has 2 N–H and O–H groups in total. The van der Waals surface area contributed by atoms with Crippen molar-refractivity contribution in [2.45, 2.75) is 24.9 Å². The van der Waals surface area contributed by atoms with Gasteiger partial charge in [0, 0.05) is 25.0 Å². The molecule has 2 fully saturated rings. The van der Waals surface area contributed by atoms with Gasteiger partial charge in [0.2, 0.25) is 5.91 Å². The summed E-state index contributed by atoms with van der Waals surface area (Å²) in [5.41, 5.74) is 0. The number of fused-ring (bicyclic) bond motifs is 2. The van der Waals surface area contributed by atoms with E-state index in [0.717, 1.165) is 13.0 Å². The predicted molar refractivity (Wildman–Crippen MR) is 40.2 cm³/mol. The molecule has 0 aromatic carbocycles. The monoisotopic (exact) mass is 162 g/mol. The Morgan fingerprint density at radius 2 is 2.20 bits per heavy atom. The maximum atomic E-state index is 10.8. The molecule has 2 atom stereocenters. The molecule has 0 saturated carbocycles.